The molecule has 0 bridgehead atoms. The van der Waals surface area contributed by atoms with Crippen molar-refractivity contribution in [2.75, 3.05) is 37.7 Å². The minimum atomic E-state index is -0.497. The highest BCUT2D eigenvalue weighted by atomic mass is 32.1. The van der Waals surface area contributed by atoms with Crippen molar-refractivity contribution in [3.8, 4) is 0 Å². The van der Waals surface area contributed by atoms with Crippen LogP contribution in [-0.4, -0.2) is 55.3 Å². The minimum Gasteiger partial charge on any atom is -0.451 e. The van der Waals surface area contributed by atoms with Gasteiger partial charge in [0.25, 0.3) is 5.91 Å². The van der Waals surface area contributed by atoms with E-state index in [-0.39, 0.29) is 18.3 Å². The van der Waals surface area contributed by atoms with Crippen molar-refractivity contribution in [1.29, 1.82) is 0 Å². The molecule has 1 saturated heterocycles. The van der Waals surface area contributed by atoms with Crippen LogP contribution in [0.4, 0.5) is 10.1 Å². The van der Waals surface area contributed by atoms with E-state index in [4.69, 9.17) is 4.74 Å². The number of anilines is 1. The summed E-state index contributed by atoms with van der Waals surface area (Å²) in [6.07, 6.45) is 0. The van der Waals surface area contributed by atoms with Crippen LogP contribution in [0.3, 0.4) is 0 Å². The summed E-state index contributed by atoms with van der Waals surface area (Å²) < 4.78 is 20.7. The van der Waals surface area contributed by atoms with Crippen molar-refractivity contribution in [2.45, 2.75) is 13.8 Å². The lowest BCUT2D eigenvalue weighted by atomic mass is 10.1. The summed E-state index contributed by atoms with van der Waals surface area (Å²) in [4.78, 5) is 40.4. The Morgan fingerprint density at radius 1 is 1.06 bits per heavy atom. The van der Waals surface area contributed by atoms with Gasteiger partial charge in [-0.1, -0.05) is 18.2 Å². The molecule has 0 atom stereocenters. The molecule has 1 aliphatic rings. The molecule has 1 aromatic heterocycles. The smallest absolute Gasteiger partial charge is 0.349 e. The van der Waals surface area contributed by atoms with E-state index in [2.05, 4.69) is 0 Å². The molecule has 2 aromatic carbocycles. The lowest BCUT2D eigenvalue weighted by Crippen LogP contribution is -2.50. The number of esters is 1. The number of halogens is 1. The summed E-state index contributed by atoms with van der Waals surface area (Å²) in [7, 11) is 0. The fraction of sp³-hybridized carbons (Fsp3) is 0.292. The summed E-state index contributed by atoms with van der Waals surface area (Å²) in [6.45, 7) is 4.63. The third-order valence-electron chi connectivity index (χ3n) is 5.68. The summed E-state index contributed by atoms with van der Waals surface area (Å²) in [6, 6.07) is 12.2. The highest BCUT2D eigenvalue weighted by molar-refractivity contribution is 7.21. The molecule has 32 heavy (non-hydrogen) atoms. The first-order valence-electron chi connectivity index (χ1n) is 10.3. The van der Waals surface area contributed by atoms with E-state index in [9.17, 15) is 18.8 Å². The maximum Gasteiger partial charge on any atom is 0.349 e. The summed E-state index contributed by atoms with van der Waals surface area (Å²) in [5.74, 6) is -1.41. The summed E-state index contributed by atoms with van der Waals surface area (Å²) in [5, 5.41) is 1.01. The van der Waals surface area contributed by atoms with Gasteiger partial charge in [-0.2, -0.15) is 0 Å². The van der Waals surface area contributed by atoms with Crippen LogP contribution in [0.2, 0.25) is 0 Å². The van der Waals surface area contributed by atoms with Crippen LogP contribution in [0.25, 0.3) is 10.1 Å². The molecule has 1 fully saturated rings. The Bertz CT molecular complexity index is 1200. The summed E-state index contributed by atoms with van der Waals surface area (Å²) in [5.41, 5.74) is 1.60. The number of carbonyl (C=O) groups is 3. The first-order chi connectivity index (χ1) is 15.3. The molecular formula is C24H23FN2O4S. The van der Waals surface area contributed by atoms with Crippen molar-refractivity contribution >= 4 is 44.8 Å². The number of piperazine rings is 1. The average Bonchev–Trinajstić information content (AvgIpc) is 3.14. The number of fused-ring (bicyclic) bond motifs is 1. The first-order valence-corrected chi connectivity index (χ1v) is 11.1. The van der Waals surface area contributed by atoms with Crippen molar-refractivity contribution in [1.82, 2.24) is 4.90 Å². The molecule has 1 amide bonds. The van der Waals surface area contributed by atoms with Gasteiger partial charge < -0.3 is 14.5 Å². The van der Waals surface area contributed by atoms with E-state index in [1.54, 1.807) is 17.0 Å². The number of Topliss-reactive ketones (excluding diaryl/α,β-unsaturated/α-hetero) is 1. The Labute approximate surface area is 189 Å². The number of rotatable bonds is 5. The Hall–Kier alpha value is -3.26. The van der Waals surface area contributed by atoms with Gasteiger partial charge >= 0.3 is 5.97 Å². The minimum absolute atomic E-state index is 0.189. The standard InChI is InChI=1S/C24H23FN2O4S/c1-15-18-5-3-4-6-21(18)32-23(15)24(30)31-14-22(29)27-11-9-26(10-12-27)20-8-7-17(16(2)28)13-19(20)25/h3-8,13H,9-12,14H2,1-2H3. The number of nitrogens with zero attached hydrogens (tertiary/aromatic N) is 2. The second-order valence-corrected chi connectivity index (χ2v) is 8.77. The van der Waals surface area contributed by atoms with Gasteiger partial charge in [-0.15, -0.1) is 11.3 Å². The molecule has 0 spiro atoms. The Morgan fingerprint density at radius 2 is 1.78 bits per heavy atom. The first kappa shape index (κ1) is 22.0. The SMILES string of the molecule is CC(=O)c1ccc(N2CCN(C(=O)COC(=O)c3sc4ccccc4c3C)CC2)c(F)c1. The quantitative estimate of drug-likeness (QED) is 0.430. The second kappa shape index (κ2) is 9.08. The number of thiophene rings is 1. The zero-order chi connectivity index (χ0) is 22.8. The molecular weight excluding hydrogens is 431 g/mol. The molecule has 166 valence electrons. The molecule has 3 aromatic rings. The van der Waals surface area contributed by atoms with E-state index in [1.165, 1.54) is 24.3 Å². The molecule has 0 N–H and O–H groups in total. The van der Waals surface area contributed by atoms with Crippen molar-refractivity contribution < 1.29 is 23.5 Å². The number of aryl methyl sites for hydroxylation is 1. The molecule has 4 rings (SSSR count). The molecule has 1 aliphatic heterocycles. The lowest BCUT2D eigenvalue weighted by molar-refractivity contribution is -0.134. The zero-order valence-electron chi connectivity index (χ0n) is 17.9. The summed E-state index contributed by atoms with van der Waals surface area (Å²) >= 11 is 1.36. The Balaban J connectivity index is 1.32. The van der Waals surface area contributed by atoms with Crippen LogP contribution < -0.4 is 4.90 Å². The van der Waals surface area contributed by atoms with E-state index >= 15 is 0 Å². The maximum atomic E-state index is 14.4. The fourth-order valence-corrected chi connectivity index (χ4v) is 4.94. The van der Waals surface area contributed by atoms with E-state index < -0.39 is 11.8 Å². The normalized spacial score (nSPS) is 14.0. The van der Waals surface area contributed by atoms with Gasteiger partial charge in [0.2, 0.25) is 0 Å². The monoisotopic (exact) mass is 454 g/mol. The molecule has 0 unspecified atom stereocenters. The van der Waals surface area contributed by atoms with E-state index in [0.717, 1.165) is 15.6 Å². The van der Waals surface area contributed by atoms with Crippen LogP contribution in [0.5, 0.6) is 0 Å². The van der Waals surface area contributed by atoms with Crippen molar-refractivity contribution in [3.05, 3.63) is 64.3 Å². The van der Waals surface area contributed by atoms with Gasteiger partial charge in [0.1, 0.15) is 10.7 Å². The predicted octanol–water partition coefficient (Wildman–Crippen LogP) is 4.06. The van der Waals surface area contributed by atoms with Crippen LogP contribution in [0.1, 0.15) is 32.5 Å². The van der Waals surface area contributed by atoms with Gasteiger partial charge in [0, 0.05) is 36.4 Å². The number of ether oxygens (including phenoxy) is 1. The number of benzene rings is 2. The molecule has 0 radical (unpaired) electrons. The van der Waals surface area contributed by atoms with Crippen LogP contribution >= 0.6 is 11.3 Å². The van der Waals surface area contributed by atoms with E-state index in [1.807, 2.05) is 36.1 Å². The number of hydrogen-bond acceptors (Lipinski definition) is 6. The molecule has 2 heterocycles. The number of amides is 1. The fourth-order valence-electron chi connectivity index (χ4n) is 3.83. The topological polar surface area (TPSA) is 66.9 Å². The third kappa shape index (κ3) is 4.36. The number of ketones is 1. The molecule has 0 saturated carbocycles. The molecule has 6 nitrogen and oxygen atoms in total. The number of carbonyl (C=O) groups excluding carboxylic acids is 3. The highest BCUT2D eigenvalue weighted by Crippen LogP contribution is 2.31. The van der Waals surface area contributed by atoms with Gasteiger partial charge in [-0.3, -0.25) is 9.59 Å². The molecule has 8 heteroatoms. The predicted molar refractivity (Wildman–Crippen MR) is 122 cm³/mol. The third-order valence-corrected chi connectivity index (χ3v) is 6.94. The lowest BCUT2D eigenvalue weighted by Gasteiger charge is -2.36. The van der Waals surface area contributed by atoms with Gasteiger partial charge in [0.05, 0.1) is 5.69 Å². The van der Waals surface area contributed by atoms with Crippen molar-refractivity contribution in [2.24, 2.45) is 0 Å². The van der Waals surface area contributed by atoms with E-state index in [0.29, 0.717) is 42.3 Å². The second-order valence-electron chi connectivity index (χ2n) is 7.72. The largest absolute Gasteiger partial charge is 0.451 e. The maximum absolute atomic E-state index is 14.4. The van der Waals surface area contributed by atoms with Crippen LogP contribution in [0.15, 0.2) is 42.5 Å². The van der Waals surface area contributed by atoms with Crippen LogP contribution in [0, 0.1) is 12.7 Å². The van der Waals surface area contributed by atoms with Gasteiger partial charge in [0.15, 0.2) is 12.4 Å². The van der Waals surface area contributed by atoms with Crippen molar-refractivity contribution in [3.63, 3.8) is 0 Å². The Kier molecular flexibility index (Phi) is 6.23. The number of hydrogen-bond donors (Lipinski definition) is 0. The zero-order valence-corrected chi connectivity index (χ0v) is 18.7. The van der Waals surface area contributed by atoms with Gasteiger partial charge in [-0.05, 0) is 49.1 Å². The van der Waals surface area contributed by atoms with Gasteiger partial charge in [-0.25, -0.2) is 9.18 Å². The highest BCUT2D eigenvalue weighted by Gasteiger charge is 2.25. The molecule has 0 aliphatic carbocycles. The average molecular weight is 455 g/mol. The Morgan fingerprint density at radius 3 is 2.44 bits per heavy atom. The van der Waals surface area contributed by atoms with Crippen LogP contribution in [-0.2, 0) is 9.53 Å².